The van der Waals surface area contributed by atoms with Crippen molar-refractivity contribution in [2.45, 2.75) is 25.4 Å². The Kier molecular flexibility index (Phi) is 7.39. The van der Waals surface area contributed by atoms with Gasteiger partial charge in [-0.05, 0) is 25.8 Å². The van der Waals surface area contributed by atoms with Crippen molar-refractivity contribution in [2.75, 3.05) is 39.9 Å². The third kappa shape index (κ3) is 6.51. The molecule has 0 bridgehead atoms. The van der Waals surface area contributed by atoms with Crippen LogP contribution in [-0.2, 0) is 14.3 Å². The number of carbonyl (C=O) groups excluding carboxylic acids is 2. The zero-order valence-electron chi connectivity index (χ0n) is 11.4. The van der Waals surface area contributed by atoms with Crippen molar-refractivity contribution in [1.29, 1.82) is 0 Å². The number of alkyl carbamates (subject to hydrolysis) is 1. The monoisotopic (exact) mass is 273 g/mol. The van der Waals surface area contributed by atoms with Gasteiger partial charge in [0.2, 0.25) is 5.91 Å². The second kappa shape index (κ2) is 8.84. The van der Waals surface area contributed by atoms with Gasteiger partial charge in [0, 0.05) is 19.7 Å². The minimum Gasteiger partial charge on any atom is -0.453 e. The minimum atomic E-state index is -0.718. The number of nitrogens with one attached hydrogen (secondary N) is 1. The van der Waals surface area contributed by atoms with Crippen molar-refractivity contribution < 1.29 is 19.1 Å². The highest BCUT2D eigenvalue weighted by Crippen LogP contribution is 2.13. The van der Waals surface area contributed by atoms with Crippen molar-refractivity contribution in [3.63, 3.8) is 0 Å². The molecule has 7 nitrogen and oxygen atoms in total. The van der Waals surface area contributed by atoms with E-state index in [1.54, 1.807) is 0 Å². The standard InChI is InChI=1S/C12H23N3O4/c1-18-12(17)14-11(16)9-15-6-3-10(4-7-15)19-8-2-5-13/h10H,2-9,13H2,1H3,(H,14,16,17). The van der Waals surface area contributed by atoms with E-state index >= 15 is 0 Å². The number of piperidine rings is 1. The molecule has 7 heteroatoms. The summed E-state index contributed by atoms with van der Waals surface area (Å²) in [5.74, 6) is -0.339. The first-order valence-electron chi connectivity index (χ1n) is 6.57. The second-order valence-electron chi connectivity index (χ2n) is 4.53. The number of likely N-dealkylation sites (tertiary alicyclic amines) is 1. The van der Waals surface area contributed by atoms with Crippen molar-refractivity contribution >= 4 is 12.0 Å². The van der Waals surface area contributed by atoms with E-state index in [0.29, 0.717) is 13.2 Å². The quantitative estimate of drug-likeness (QED) is 0.645. The minimum absolute atomic E-state index is 0.213. The van der Waals surface area contributed by atoms with Crippen LogP contribution in [0.2, 0.25) is 0 Å². The van der Waals surface area contributed by atoms with Crippen LogP contribution >= 0.6 is 0 Å². The summed E-state index contributed by atoms with van der Waals surface area (Å²) in [6.45, 7) is 3.14. The van der Waals surface area contributed by atoms with E-state index in [4.69, 9.17) is 10.5 Å². The molecule has 0 aliphatic carbocycles. The third-order valence-electron chi connectivity index (χ3n) is 3.03. The predicted molar refractivity (Wildman–Crippen MR) is 69.6 cm³/mol. The van der Waals surface area contributed by atoms with E-state index in [-0.39, 0.29) is 18.6 Å². The third-order valence-corrected chi connectivity index (χ3v) is 3.03. The number of carbonyl (C=O) groups is 2. The first kappa shape index (κ1) is 15.9. The number of nitrogens with two attached hydrogens (primary N) is 1. The van der Waals surface area contributed by atoms with E-state index in [1.165, 1.54) is 7.11 Å². The van der Waals surface area contributed by atoms with Gasteiger partial charge in [0.25, 0.3) is 0 Å². The van der Waals surface area contributed by atoms with Gasteiger partial charge in [-0.3, -0.25) is 15.0 Å². The summed E-state index contributed by atoms with van der Waals surface area (Å²) in [4.78, 5) is 24.3. The van der Waals surface area contributed by atoms with Gasteiger partial charge >= 0.3 is 6.09 Å². The Labute approximate surface area is 113 Å². The number of rotatable bonds is 6. The van der Waals surface area contributed by atoms with Gasteiger partial charge in [-0.1, -0.05) is 0 Å². The Morgan fingerprint density at radius 3 is 2.63 bits per heavy atom. The van der Waals surface area contributed by atoms with Gasteiger partial charge in [-0.2, -0.15) is 0 Å². The van der Waals surface area contributed by atoms with Gasteiger partial charge in [-0.15, -0.1) is 0 Å². The van der Waals surface area contributed by atoms with E-state index in [1.807, 2.05) is 4.90 Å². The zero-order valence-corrected chi connectivity index (χ0v) is 11.4. The van der Waals surface area contributed by atoms with Crippen LogP contribution in [-0.4, -0.2) is 62.9 Å². The van der Waals surface area contributed by atoms with E-state index in [2.05, 4.69) is 10.1 Å². The fourth-order valence-electron chi connectivity index (χ4n) is 1.97. The number of methoxy groups -OCH3 is 1. The molecule has 110 valence electrons. The molecule has 1 aliphatic heterocycles. The molecule has 1 saturated heterocycles. The molecule has 1 fully saturated rings. The van der Waals surface area contributed by atoms with Crippen LogP contribution in [0.1, 0.15) is 19.3 Å². The molecule has 0 atom stereocenters. The molecule has 0 saturated carbocycles. The lowest BCUT2D eigenvalue weighted by Gasteiger charge is -2.31. The normalized spacial score (nSPS) is 17.2. The van der Waals surface area contributed by atoms with Gasteiger partial charge in [0.15, 0.2) is 0 Å². The fraction of sp³-hybridized carbons (Fsp3) is 0.833. The number of hydrogen-bond acceptors (Lipinski definition) is 6. The summed E-state index contributed by atoms with van der Waals surface area (Å²) >= 11 is 0. The average Bonchev–Trinajstić information content (AvgIpc) is 2.40. The van der Waals surface area contributed by atoms with Crippen molar-refractivity contribution in [1.82, 2.24) is 10.2 Å². The van der Waals surface area contributed by atoms with Gasteiger partial charge in [0.1, 0.15) is 0 Å². The van der Waals surface area contributed by atoms with Gasteiger partial charge in [0.05, 0.1) is 19.8 Å². The molecule has 1 rings (SSSR count). The average molecular weight is 273 g/mol. The van der Waals surface area contributed by atoms with Crippen LogP contribution in [0.5, 0.6) is 0 Å². The molecule has 3 N–H and O–H groups in total. The van der Waals surface area contributed by atoms with Crippen LogP contribution < -0.4 is 11.1 Å². The van der Waals surface area contributed by atoms with Crippen molar-refractivity contribution in [3.8, 4) is 0 Å². The zero-order chi connectivity index (χ0) is 14.1. The van der Waals surface area contributed by atoms with Gasteiger partial charge in [-0.25, -0.2) is 4.79 Å². The van der Waals surface area contributed by atoms with Crippen LogP contribution in [0.3, 0.4) is 0 Å². The Hall–Kier alpha value is -1.18. The molecule has 0 aromatic heterocycles. The molecule has 1 aliphatic rings. The number of nitrogens with zero attached hydrogens (tertiary/aromatic N) is 1. The van der Waals surface area contributed by atoms with Crippen molar-refractivity contribution in [2.24, 2.45) is 5.73 Å². The van der Waals surface area contributed by atoms with Gasteiger partial charge < -0.3 is 15.2 Å². The Bertz CT molecular complexity index is 291. The van der Waals surface area contributed by atoms with Crippen LogP contribution in [0.15, 0.2) is 0 Å². The first-order valence-corrected chi connectivity index (χ1v) is 6.57. The smallest absolute Gasteiger partial charge is 0.413 e. The number of imide groups is 1. The molecule has 19 heavy (non-hydrogen) atoms. The summed E-state index contributed by atoms with van der Waals surface area (Å²) in [6.07, 6.45) is 2.21. The molecular formula is C12H23N3O4. The molecular weight excluding hydrogens is 250 g/mol. The van der Waals surface area contributed by atoms with E-state index in [0.717, 1.165) is 32.4 Å². The highest BCUT2D eigenvalue weighted by molar-refractivity contribution is 5.92. The summed E-state index contributed by atoms with van der Waals surface area (Å²) in [7, 11) is 1.23. The van der Waals surface area contributed by atoms with Crippen LogP contribution in [0.25, 0.3) is 0 Å². The van der Waals surface area contributed by atoms with E-state index in [9.17, 15) is 9.59 Å². The maximum absolute atomic E-state index is 11.5. The largest absolute Gasteiger partial charge is 0.453 e. The van der Waals surface area contributed by atoms with Crippen LogP contribution in [0.4, 0.5) is 4.79 Å². The second-order valence-corrected chi connectivity index (χ2v) is 4.53. The maximum atomic E-state index is 11.5. The lowest BCUT2D eigenvalue weighted by molar-refractivity contribution is -0.122. The summed E-state index contributed by atoms with van der Waals surface area (Å²) < 4.78 is 10.0. The Balaban J connectivity index is 2.15. The summed E-state index contributed by atoms with van der Waals surface area (Å²) in [5, 5.41) is 2.14. The lowest BCUT2D eigenvalue weighted by atomic mass is 10.1. The first-order chi connectivity index (χ1) is 9.15. The topological polar surface area (TPSA) is 93.9 Å². The molecule has 0 radical (unpaired) electrons. The predicted octanol–water partition coefficient (Wildman–Crippen LogP) is -0.301. The fourth-order valence-corrected chi connectivity index (χ4v) is 1.97. The molecule has 2 amide bonds. The molecule has 1 heterocycles. The molecule has 0 unspecified atom stereocenters. The summed E-state index contributed by atoms with van der Waals surface area (Å²) in [6, 6.07) is 0. The molecule has 0 aromatic carbocycles. The highest BCUT2D eigenvalue weighted by Gasteiger charge is 2.21. The van der Waals surface area contributed by atoms with E-state index < -0.39 is 6.09 Å². The number of ether oxygens (including phenoxy) is 2. The summed E-state index contributed by atoms with van der Waals surface area (Å²) in [5.41, 5.74) is 5.40. The number of hydrogen-bond donors (Lipinski definition) is 2. The number of amides is 2. The van der Waals surface area contributed by atoms with Crippen LogP contribution in [0, 0.1) is 0 Å². The molecule has 0 spiro atoms. The Morgan fingerprint density at radius 1 is 1.37 bits per heavy atom. The molecule has 0 aromatic rings. The maximum Gasteiger partial charge on any atom is 0.413 e. The SMILES string of the molecule is COC(=O)NC(=O)CN1CCC(OCCCN)CC1. The lowest BCUT2D eigenvalue weighted by Crippen LogP contribution is -2.44. The highest BCUT2D eigenvalue weighted by atomic mass is 16.5. The Morgan fingerprint density at radius 2 is 2.05 bits per heavy atom. The van der Waals surface area contributed by atoms with Crippen molar-refractivity contribution in [3.05, 3.63) is 0 Å².